The highest BCUT2D eigenvalue weighted by Crippen LogP contribution is 2.36. The van der Waals surface area contributed by atoms with E-state index in [4.69, 9.17) is 4.74 Å². The maximum Gasteiger partial charge on any atom is 0.340 e. The van der Waals surface area contributed by atoms with Crippen LogP contribution in [0.25, 0.3) is 5.52 Å². The molecule has 120 valence electrons. The van der Waals surface area contributed by atoms with Crippen LogP contribution in [-0.2, 0) is 17.6 Å². The zero-order chi connectivity index (χ0) is 16.6. The van der Waals surface area contributed by atoms with Gasteiger partial charge in [0, 0.05) is 6.20 Å². The van der Waals surface area contributed by atoms with Crippen LogP contribution in [0.3, 0.4) is 0 Å². The Labute approximate surface area is 132 Å². The summed E-state index contributed by atoms with van der Waals surface area (Å²) in [5, 5.41) is 9.34. The molecule has 0 atom stereocenters. The SMILES string of the molecule is CCOC(=O)c1c(C(F)F)c(C#N)n2ccc3c(c12)CCCC3. The molecule has 0 aliphatic heterocycles. The average Bonchev–Trinajstić information content (AvgIpc) is 2.90. The van der Waals surface area contributed by atoms with E-state index in [-0.39, 0.29) is 17.9 Å². The van der Waals surface area contributed by atoms with E-state index in [1.54, 1.807) is 13.1 Å². The molecular weight excluding hydrogens is 302 g/mol. The predicted molar refractivity (Wildman–Crippen MR) is 79.7 cm³/mol. The number of pyridine rings is 1. The van der Waals surface area contributed by atoms with E-state index in [1.807, 2.05) is 12.1 Å². The smallest absolute Gasteiger partial charge is 0.340 e. The van der Waals surface area contributed by atoms with Crippen molar-refractivity contribution in [1.29, 1.82) is 5.26 Å². The van der Waals surface area contributed by atoms with Gasteiger partial charge in [0.25, 0.3) is 6.43 Å². The van der Waals surface area contributed by atoms with E-state index >= 15 is 0 Å². The second kappa shape index (κ2) is 5.99. The van der Waals surface area contributed by atoms with Gasteiger partial charge in [0.05, 0.1) is 23.3 Å². The van der Waals surface area contributed by atoms with E-state index in [1.165, 1.54) is 4.40 Å². The summed E-state index contributed by atoms with van der Waals surface area (Å²) in [4.78, 5) is 12.3. The Kier molecular flexibility index (Phi) is 4.03. The van der Waals surface area contributed by atoms with Crippen molar-refractivity contribution in [3.8, 4) is 6.07 Å². The van der Waals surface area contributed by atoms with Gasteiger partial charge in [-0.3, -0.25) is 0 Å². The summed E-state index contributed by atoms with van der Waals surface area (Å²) in [5.74, 6) is -0.791. The van der Waals surface area contributed by atoms with Gasteiger partial charge < -0.3 is 9.14 Å². The average molecular weight is 318 g/mol. The Morgan fingerprint density at radius 2 is 2.17 bits per heavy atom. The fraction of sp³-hybridized carbons (Fsp3) is 0.412. The second-order valence-corrected chi connectivity index (χ2v) is 5.52. The number of hydrogen-bond donors (Lipinski definition) is 0. The topological polar surface area (TPSA) is 54.5 Å². The third-order valence-electron chi connectivity index (χ3n) is 4.27. The molecular formula is C17H16F2N2O2. The maximum atomic E-state index is 13.6. The van der Waals surface area contributed by atoms with Gasteiger partial charge >= 0.3 is 5.97 Å². The monoisotopic (exact) mass is 318 g/mol. The fourth-order valence-corrected chi connectivity index (χ4v) is 3.34. The number of carbonyl (C=O) groups is 1. The zero-order valence-corrected chi connectivity index (χ0v) is 12.7. The maximum absolute atomic E-state index is 13.6. The highest BCUT2D eigenvalue weighted by Gasteiger charge is 2.32. The van der Waals surface area contributed by atoms with Gasteiger partial charge in [-0.15, -0.1) is 0 Å². The Morgan fingerprint density at radius 1 is 1.43 bits per heavy atom. The molecule has 2 aromatic rings. The van der Waals surface area contributed by atoms with Crippen molar-refractivity contribution in [2.75, 3.05) is 6.61 Å². The molecule has 0 fully saturated rings. The van der Waals surface area contributed by atoms with Crippen molar-refractivity contribution in [3.05, 3.63) is 40.2 Å². The molecule has 3 rings (SSSR count). The lowest BCUT2D eigenvalue weighted by molar-refractivity contribution is 0.0518. The number of ether oxygens (including phenoxy) is 1. The van der Waals surface area contributed by atoms with Gasteiger partial charge in [0.2, 0.25) is 0 Å². The third-order valence-corrected chi connectivity index (χ3v) is 4.27. The number of nitrogens with zero attached hydrogens (tertiary/aromatic N) is 2. The molecule has 0 unspecified atom stereocenters. The lowest BCUT2D eigenvalue weighted by Gasteiger charge is -2.17. The summed E-state index contributed by atoms with van der Waals surface area (Å²) in [6, 6.07) is 3.67. The van der Waals surface area contributed by atoms with Gasteiger partial charge in [-0.1, -0.05) is 0 Å². The summed E-state index contributed by atoms with van der Waals surface area (Å²) in [6.07, 6.45) is 2.22. The van der Waals surface area contributed by atoms with Gasteiger partial charge in [0.15, 0.2) is 0 Å². The first-order chi connectivity index (χ1) is 11.1. The van der Waals surface area contributed by atoms with Crippen LogP contribution >= 0.6 is 0 Å². The van der Waals surface area contributed by atoms with E-state index < -0.39 is 18.0 Å². The minimum atomic E-state index is -2.91. The molecule has 4 nitrogen and oxygen atoms in total. The molecule has 0 N–H and O–H groups in total. The van der Waals surface area contributed by atoms with Crippen molar-refractivity contribution in [3.63, 3.8) is 0 Å². The Balaban J connectivity index is 2.42. The van der Waals surface area contributed by atoms with Crippen LogP contribution in [-0.4, -0.2) is 17.0 Å². The molecule has 0 saturated heterocycles. The second-order valence-electron chi connectivity index (χ2n) is 5.52. The van der Waals surface area contributed by atoms with E-state index in [0.29, 0.717) is 11.9 Å². The number of nitriles is 1. The standard InChI is InChI=1S/C17H16F2N2O2/c1-2-23-17(22)14-13(16(18)19)12(9-20)21-8-7-10-5-3-4-6-11(10)15(14)21/h7-8,16H,2-6H2,1H3. The summed E-state index contributed by atoms with van der Waals surface area (Å²) in [6.45, 7) is 1.72. The molecule has 0 spiro atoms. The normalized spacial score (nSPS) is 13.9. The minimum Gasteiger partial charge on any atom is -0.462 e. The minimum absolute atomic E-state index is 0.0930. The summed E-state index contributed by atoms with van der Waals surface area (Å²) >= 11 is 0. The zero-order valence-electron chi connectivity index (χ0n) is 12.7. The molecule has 0 aromatic carbocycles. The molecule has 1 aliphatic carbocycles. The van der Waals surface area contributed by atoms with Gasteiger partial charge in [-0.25, -0.2) is 13.6 Å². The van der Waals surface area contributed by atoms with Crippen molar-refractivity contribution < 1.29 is 18.3 Å². The molecule has 2 heterocycles. The largest absolute Gasteiger partial charge is 0.462 e. The van der Waals surface area contributed by atoms with Crippen molar-refractivity contribution in [1.82, 2.24) is 4.40 Å². The summed E-state index contributed by atoms with van der Waals surface area (Å²) in [5.41, 5.74) is 1.48. The number of fused-ring (bicyclic) bond motifs is 3. The van der Waals surface area contributed by atoms with Crippen molar-refractivity contribution in [2.45, 2.75) is 39.0 Å². The van der Waals surface area contributed by atoms with E-state index in [0.717, 1.165) is 30.4 Å². The molecule has 1 aliphatic rings. The molecule has 0 saturated carbocycles. The Hall–Kier alpha value is -2.42. The quantitative estimate of drug-likeness (QED) is 0.809. The number of rotatable bonds is 3. The molecule has 6 heteroatoms. The first-order valence-electron chi connectivity index (χ1n) is 7.64. The van der Waals surface area contributed by atoms with Crippen molar-refractivity contribution in [2.24, 2.45) is 0 Å². The van der Waals surface area contributed by atoms with Crippen LogP contribution in [0.4, 0.5) is 8.78 Å². The lowest BCUT2D eigenvalue weighted by atomic mass is 9.91. The molecule has 2 aromatic heterocycles. The Morgan fingerprint density at radius 3 is 2.83 bits per heavy atom. The van der Waals surface area contributed by atoms with Crippen LogP contribution in [0, 0.1) is 11.3 Å². The number of esters is 1. The molecule has 0 radical (unpaired) electrons. The highest BCUT2D eigenvalue weighted by molar-refractivity contribution is 6.01. The first-order valence-corrected chi connectivity index (χ1v) is 7.64. The van der Waals surface area contributed by atoms with Crippen LogP contribution in [0.5, 0.6) is 0 Å². The first kappa shape index (κ1) is 15.5. The van der Waals surface area contributed by atoms with Crippen LogP contribution in [0.1, 0.15) is 58.9 Å². The van der Waals surface area contributed by atoms with Crippen LogP contribution in [0.15, 0.2) is 12.3 Å². The number of aromatic nitrogens is 1. The molecule has 0 bridgehead atoms. The van der Waals surface area contributed by atoms with E-state index in [2.05, 4.69) is 0 Å². The number of hydrogen-bond acceptors (Lipinski definition) is 3. The number of carbonyl (C=O) groups excluding carboxylic acids is 1. The number of halogens is 2. The number of alkyl halides is 2. The van der Waals surface area contributed by atoms with Gasteiger partial charge in [0.1, 0.15) is 11.8 Å². The van der Waals surface area contributed by atoms with Gasteiger partial charge in [-0.2, -0.15) is 5.26 Å². The highest BCUT2D eigenvalue weighted by atomic mass is 19.3. The Bertz CT molecular complexity index is 818. The molecule has 0 amide bonds. The summed E-state index contributed by atoms with van der Waals surface area (Å²) in [7, 11) is 0. The van der Waals surface area contributed by atoms with Gasteiger partial charge in [-0.05, 0) is 49.8 Å². The van der Waals surface area contributed by atoms with Crippen molar-refractivity contribution >= 4 is 11.5 Å². The molecule has 23 heavy (non-hydrogen) atoms. The van der Waals surface area contributed by atoms with Crippen LogP contribution < -0.4 is 0 Å². The van der Waals surface area contributed by atoms with E-state index in [9.17, 15) is 18.8 Å². The predicted octanol–water partition coefficient (Wildman–Crippen LogP) is 3.80. The number of aryl methyl sites for hydroxylation is 2. The lowest BCUT2D eigenvalue weighted by Crippen LogP contribution is -2.10. The van der Waals surface area contributed by atoms with Crippen LogP contribution in [0.2, 0.25) is 0 Å². The third kappa shape index (κ3) is 2.37. The fourth-order valence-electron chi connectivity index (χ4n) is 3.34. The summed E-state index contributed by atoms with van der Waals surface area (Å²) < 4.78 is 33.5.